The van der Waals surface area contributed by atoms with Crippen LogP contribution in [0.4, 0.5) is 5.69 Å². The Morgan fingerprint density at radius 1 is 1.04 bits per heavy atom. The number of hydrogen-bond acceptors (Lipinski definition) is 3. The molecule has 0 fully saturated rings. The summed E-state index contributed by atoms with van der Waals surface area (Å²) in [4.78, 5) is 12.2. The molecule has 0 radical (unpaired) electrons. The first-order chi connectivity index (χ1) is 11.2. The predicted octanol–water partition coefficient (Wildman–Crippen LogP) is 3.99. The maximum absolute atomic E-state index is 12.2. The van der Waals surface area contributed by atoms with Gasteiger partial charge >= 0.3 is 0 Å². The zero-order chi connectivity index (χ0) is 15.8. The van der Waals surface area contributed by atoms with Crippen LogP contribution in [0.2, 0.25) is 5.02 Å². The maximum Gasteiger partial charge on any atom is 0.256 e. The standard InChI is InChI=1S/C18H14ClNO3/c19-12-3-4-13-14(18(21)20-15(13)10-12)8-11-2-5-16-17(9-11)23-7-1-6-22-16/h2-5,8-10H,1,6-7H2,(H,20,21)/b14-8+. The largest absolute Gasteiger partial charge is 0.490 e. The lowest BCUT2D eigenvalue weighted by atomic mass is 10.0. The van der Waals surface area contributed by atoms with Crippen LogP contribution in [0.1, 0.15) is 17.5 Å². The van der Waals surface area contributed by atoms with Crippen LogP contribution in [0.15, 0.2) is 36.4 Å². The Morgan fingerprint density at radius 3 is 2.74 bits per heavy atom. The summed E-state index contributed by atoms with van der Waals surface area (Å²) in [6, 6.07) is 11.1. The summed E-state index contributed by atoms with van der Waals surface area (Å²) in [5.74, 6) is 1.33. The van der Waals surface area contributed by atoms with Gasteiger partial charge in [-0.05, 0) is 35.9 Å². The van der Waals surface area contributed by atoms with Crippen LogP contribution in [-0.2, 0) is 4.79 Å². The van der Waals surface area contributed by atoms with E-state index >= 15 is 0 Å². The van der Waals surface area contributed by atoms with Crippen LogP contribution in [0.25, 0.3) is 11.6 Å². The number of amides is 1. The van der Waals surface area contributed by atoms with Crippen molar-refractivity contribution in [2.75, 3.05) is 18.5 Å². The lowest BCUT2D eigenvalue weighted by Crippen LogP contribution is -2.03. The zero-order valence-electron chi connectivity index (χ0n) is 12.3. The number of carbonyl (C=O) groups is 1. The molecule has 116 valence electrons. The molecule has 2 aromatic carbocycles. The minimum atomic E-state index is -0.130. The smallest absolute Gasteiger partial charge is 0.256 e. The summed E-state index contributed by atoms with van der Waals surface area (Å²) in [6.45, 7) is 1.29. The lowest BCUT2D eigenvalue weighted by Gasteiger charge is -2.08. The van der Waals surface area contributed by atoms with E-state index < -0.39 is 0 Å². The molecular weight excluding hydrogens is 314 g/mol. The summed E-state index contributed by atoms with van der Waals surface area (Å²) in [7, 11) is 0. The third-order valence-electron chi connectivity index (χ3n) is 3.85. The number of carbonyl (C=O) groups excluding carboxylic acids is 1. The van der Waals surface area contributed by atoms with E-state index in [1.165, 1.54) is 0 Å². The quantitative estimate of drug-likeness (QED) is 0.805. The Morgan fingerprint density at radius 2 is 1.87 bits per heavy atom. The summed E-state index contributed by atoms with van der Waals surface area (Å²) in [5.41, 5.74) is 3.10. The fraction of sp³-hybridized carbons (Fsp3) is 0.167. The Balaban J connectivity index is 1.74. The van der Waals surface area contributed by atoms with Crippen molar-refractivity contribution in [3.63, 3.8) is 0 Å². The number of rotatable bonds is 1. The SMILES string of the molecule is O=C1Nc2cc(Cl)ccc2/C1=C\c1ccc2c(c1)OCCCO2. The molecule has 0 bridgehead atoms. The van der Waals surface area contributed by atoms with Crippen molar-refractivity contribution in [1.82, 2.24) is 0 Å². The number of halogens is 1. The molecule has 1 amide bonds. The highest BCUT2D eigenvalue weighted by Gasteiger charge is 2.24. The van der Waals surface area contributed by atoms with Gasteiger partial charge in [-0.2, -0.15) is 0 Å². The van der Waals surface area contributed by atoms with E-state index in [0.29, 0.717) is 29.6 Å². The Kier molecular flexibility index (Phi) is 3.46. The van der Waals surface area contributed by atoms with Gasteiger partial charge in [-0.3, -0.25) is 4.79 Å². The first-order valence-corrected chi connectivity index (χ1v) is 7.81. The van der Waals surface area contributed by atoms with Gasteiger partial charge in [0.1, 0.15) is 0 Å². The number of fused-ring (bicyclic) bond motifs is 2. The number of ether oxygens (including phenoxy) is 2. The molecule has 0 spiro atoms. The molecule has 0 unspecified atom stereocenters. The molecule has 2 aromatic rings. The average molecular weight is 328 g/mol. The van der Waals surface area contributed by atoms with E-state index in [1.54, 1.807) is 12.1 Å². The zero-order valence-corrected chi connectivity index (χ0v) is 13.0. The second-order valence-corrected chi connectivity index (χ2v) is 5.90. The lowest BCUT2D eigenvalue weighted by molar-refractivity contribution is -0.110. The van der Waals surface area contributed by atoms with Crippen LogP contribution in [-0.4, -0.2) is 19.1 Å². The van der Waals surface area contributed by atoms with Gasteiger partial charge in [0.25, 0.3) is 5.91 Å². The molecule has 2 aliphatic heterocycles. The van der Waals surface area contributed by atoms with E-state index in [-0.39, 0.29) is 5.91 Å². The second-order valence-electron chi connectivity index (χ2n) is 5.46. The van der Waals surface area contributed by atoms with Gasteiger partial charge in [-0.15, -0.1) is 0 Å². The molecule has 4 rings (SSSR count). The summed E-state index contributed by atoms with van der Waals surface area (Å²) in [5, 5.41) is 3.43. The molecule has 2 heterocycles. The van der Waals surface area contributed by atoms with E-state index in [1.807, 2.05) is 30.3 Å². The van der Waals surface area contributed by atoms with Crippen LogP contribution >= 0.6 is 11.6 Å². The molecular formula is C18H14ClNO3. The fourth-order valence-electron chi connectivity index (χ4n) is 2.75. The molecule has 4 nitrogen and oxygen atoms in total. The molecule has 0 saturated carbocycles. The highest BCUT2D eigenvalue weighted by atomic mass is 35.5. The highest BCUT2D eigenvalue weighted by Crippen LogP contribution is 2.36. The first-order valence-electron chi connectivity index (χ1n) is 7.43. The molecule has 2 aliphatic rings. The maximum atomic E-state index is 12.2. The number of benzene rings is 2. The van der Waals surface area contributed by atoms with Crippen molar-refractivity contribution in [1.29, 1.82) is 0 Å². The van der Waals surface area contributed by atoms with Crippen LogP contribution < -0.4 is 14.8 Å². The molecule has 5 heteroatoms. The van der Waals surface area contributed by atoms with Crippen molar-refractivity contribution in [2.45, 2.75) is 6.42 Å². The van der Waals surface area contributed by atoms with Gasteiger partial charge in [0, 0.05) is 22.6 Å². The summed E-state index contributed by atoms with van der Waals surface area (Å²) < 4.78 is 11.3. The van der Waals surface area contributed by atoms with Crippen molar-refractivity contribution >= 4 is 34.8 Å². The van der Waals surface area contributed by atoms with E-state index in [0.717, 1.165) is 29.0 Å². The molecule has 0 aromatic heterocycles. The molecule has 0 saturated heterocycles. The van der Waals surface area contributed by atoms with Crippen molar-refractivity contribution in [2.24, 2.45) is 0 Å². The van der Waals surface area contributed by atoms with Gasteiger partial charge in [-0.1, -0.05) is 23.7 Å². The van der Waals surface area contributed by atoms with Gasteiger partial charge in [-0.25, -0.2) is 0 Å². The topological polar surface area (TPSA) is 47.6 Å². The predicted molar refractivity (Wildman–Crippen MR) is 90.0 cm³/mol. The van der Waals surface area contributed by atoms with Crippen molar-refractivity contribution < 1.29 is 14.3 Å². The molecule has 0 aliphatic carbocycles. The minimum absolute atomic E-state index is 0.130. The van der Waals surface area contributed by atoms with Crippen molar-refractivity contribution in [3.05, 3.63) is 52.5 Å². The molecule has 0 atom stereocenters. The number of anilines is 1. The third-order valence-corrected chi connectivity index (χ3v) is 4.08. The monoisotopic (exact) mass is 327 g/mol. The first kappa shape index (κ1) is 14.2. The van der Waals surface area contributed by atoms with Crippen molar-refractivity contribution in [3.8, 4) is 11.5 Å². The molecule has 23 heavy (non-hydrogen) atoms. The minimum Gasteiger partial charge on any atom is -0.490 e. The van der Waals surface area contributed by atoms with Gasteiger partial charge in [0.2, 0.25) is 0 Å². The van der Waals surface area contributed by atoms with E-state index in [9.17, 15) is 4.79 Å². The average Bonchev–Trinajstić information content (AvgIpc) is 2.72. The Bertz CT molecular complexity index is 829. The van der Waals surface area contributed by atoms with E-state index in [2.05, 4.69) is 5.32 Å². The number of hydrogen-bond donors (Lipinski definition) is 1. The van der Waals surface area contributed by atoms with Gasteiger partial charge in [0.05, 0.1) is 18.9 Å². The van der Waals surface area contributed by atoms with E-state index in [4.69, 9.17) is 21.1 Å². The van der Waals surface area contributed by atoms with Crippen LogP contribution in [0.3, 0.4) is 0 Å². The Labute approximate surface area is 138 Å². The second kappa shape index (κ2) is 5.63. The fourth-order valence-corrected chi connectivity index (χ4v) is 2.92. The normalized spacial score (nSPS) is 17.6. The van der Waals surface area contributed by atoms with Gasteiger partial charge in [0.15, 0.2) is 11.5 Å². The van der Waals surface area contributed by atoms with Gasteiger partial charge < -0.3 is 14.8 Å². The summed E-state index contributed by atoms with van der Waals surface area (Å²) >= 11 is 5.97. The van der Waals surface area contributed by atoms with Crippen LogP contribution in [0.5, 0.6) is 11.5 Å². The van der Waals surface area contributed by atoms with Crippen LogP contribution in [0, 0.1) is 0 Å². The summed E-state index contributed by atoms with van der Waals surface area (Å²) in [6.07, 6.45) is 2.71. The number of nitrogens with one attached hydrogen (secondary N) is 1. The Hall–Kier alpha value is -2.46. The third kappa shape index (κ3) is 2.66. The molecule has 1 N–H and O–H groups in total. The highest BCUT2D eigenvalue weighted by molar-refractivity contribution is 6.36.